The Kier molecular flexibility index (Phi) is 9.63. The van der Waals surface area contributed by atoms with Crippen LogP contribution in [0.25, 0.3) is 0 Å². The minimum atomic E-state index is -0.172. The fraction of sp³-hybridized carbons (Fsp3) is 0.818. The third-order valence-electron chi connectivity index (χ3n) is 2.50. The highest BCUT2D eigenvalue weighted by molar-refractivity contribution is 5.85. The number of likely N-dealkylation sites (N-methyl/N-ethyl adjacent to an activating group) is 1. The summed E-state index contributed by atoms with van der Waals surface area (Å²) in [7, 11) is 0. The molecule has 106 valence electrons. The molecule has 1 unspecified atom stereocenters. The molecule has 1 aliphatic rings. The molecule has 3 N–H and O–H groups in total. The highest BCUT2D eigenvalue weighted by atomic mass is 35.5. The number of carbonyl (C=O) groups excluding carboxylic acids is 2. The molecule has 1 aliphatic heterocycles. The van der Waals surface area contributed by atoms with Crippen molar-refractivity contribution in [3.05, 3.63) is 0 Å². The molecule has 1 fully saturated rings. The fourth-order valence-electron chi connectivity index (χ4n) is 1.65. The van der Waals surface area contributed by atoms with E-state index < -0.39 is 0 Å². The average Bonchev–Trinajstić information content (AvgIpc) is 2.80. The van der Waals surface area contributed by atoms with Crippen molar-refractivity contribution < 1.29 is 14.3 Å². The molecule has 1 saturated heterocycles. The predicted octanol–water partition coefficient (Wildman–Crippen LogP) is -0.571. The Morgan fingerprint density at radius 3 is 2.56 bits per heavy atom. The van der Waals surface area contributed by atoms with E-state index in [-0.39, 0.29) is 43.4 Å². The van der Waals surface area contributed by atoms with Crippen molar-refractivity contribution >= 4 is 24.2 Å². The Balaban J connectivity index is 0.00000289. The van der Waals surface area contributed by atoms with Gasteiger partial charge >= 0.3 is 0 Å². The highest BCUT2D eigenvalue weighted by Crippen LogP contribution is 2.10. The number of amides is 2. The number of ether oxygens (including phenoxy) is 1. The molecular formula is C11H22ClN3O3. The second-order valence-corrected chi connectivity index (χ2v) is 4.00. The minimum absolute atomic E-state index is 0. The third-order valence-corrected chi connectivity index (χ3v) is 2.50. The van der Waals surface area contributed by atoms with Gasteiger partial charge in [0.15, 0.2) is 0 Å². The van der Waals surface area contributed by atoms with Crippen LogP contribution in [0.1, 0.15) is 19.8 Å². The SMILES string of the molecule is CCNC(=O)CNC(=O)CNCC1CCCO1.Cl. The summed E-state index contributed by atoms with van der Waals surface area (Å²) in [5.74, 6) is -0.339. The molecule has 1 heterocycles. The molecule has 0 saturated carbocycles. The van der Waals surface area contributed by atoms with Gasteiger partial charge in [0.2, 0.25) is 11.8 Å². The first kappa shape index (κ1) is 17.2. The molecule has 0 aliphatic carbocycles. The molecule has 0 aromatic heterocycles. The Morgan fingerprint density at radius 2 is 1.94 bits per heavy atom. The van der Waals surface area contributed by atoms with Crippen LogP contribution in [0.3, 0.4) is 0 Å². The summed E-state index contributed by atoms with van der Waals surface area (Å²) in [5.41, 5.74) is 0. The van der Waals surface area contributed by atoms with Gasteiger partial charge in [-0.1, -0.05) is 0 Å². The van der Waals surface area contributed by atoms with E-state index in [1.165, 1.54) is 0 Å². The molecular weight excluding hydrogens is 258 g/mol. The average molecular weight is 280 g/mol. The molecule has 7 heteroatoms. The van der Waals surface area contributed by atoms with Gasteiger partial charge in [-0.2, -0.15) is 0 Å². The van der Waals surface area contributed by atoms with Gasteiger partial charge in [0.05, 0.1) is 19.2 Å². The van der Waals surface area contributed by atoms with Gasteiger partial charge in [0, 0.05) is 19.7 Å². The van der Waals surface area contributed by atoms with Crippen molar-refractivity contribution in [2.24, 2.45) is 0 Å². The van der Waals surface area contributed by atoms with E-state index in [4.69, 9.17) is 4.74 Å². The second-order valence-electron chi connectivity index (χ2n) is 4.00. The summed E-state index contributed by atoms with van der Waals surface area (Å²) < 4.78 is 5.41. The standard InChI is InChI=1S/C11H21N3O3.ClH/c1-2-13-11(16)8-14-10(15)7-12-6-9-4-3-5-17-9;/h9,12H,2-8H2,1H3,(H,13,16)(H,14,15);1H. The second kappa shape index (κ2) is 10.1. The van der Waals surface area contributed by atoms with E-state index in [1.54, 1.807) is 0 Å². The maximum atomic E-state index is 11.3. The zero-order valence-electron chi connectivity index (χ0n) is 10.7. The van der Waals surface area contributed by atoms with Gasteiger partial charge in [0.1, 0.15) is 0 Å². The first-order valence-electron chi connectivity index (χ1n) is 6.08. The lowest BCUT2D eigenvalue weighted by Crippen LogP contribution is -2.41. The van der Waals surface area contributed by atoms with Crippen LogP contribution >= 0.6 is 12.4 Å². The summed E-state index contributed by atoms with van der Waals surface area (Å²) in [6, 6.07) is 0. The molecule has 0 aromatic rings. The lowest BCUT2D eigenvalue weighted by molar-refractivity contribution is -0.125. The van der Waals surface area contributed by atoms with Gasteiger partial charge in [-0.05, 0) is 19.8 Å². The number of nitrogens with one attached hydrogen (secondary N) is 3. The van der Waals surface area contributed by atoms with Gasteiger partial charge in [0.25, 0.3) is 0 Å². The monoisotopic (exact) mass is 279 g/mol. The van der Waals surface area contributed by atoms with E-state index in [9.17, 15) is 9.59 Å². The maximum absolute atomic E-state index is 11.3. The van der Waals surface area contributed by atoms with Gasteiger partial charge in [-0.15, -0.1) is 12.4 Å². The molecule has 0 radical (unpaired) electrons. The van der Waals surface area contributed by atoms with Gasteiger partial charge in [-0.25, -0.2) is 0 Å². The number of hydrogen-bond acceptors (Lipinski definition) is 4. The molecule has 1 rings (SSSR count). The largest absolute Gasteiger partial charge is 0.377 e. The van der Waals surface area contributed by atoms with Crippen LogP contribution in [0.5, 0.6) is 0 Å². The number of halogens is 1. The van der Waals surface area contributed by atoms with Crippen molar-refractivity contribution in [3.8, 4) is 0 Å². The Hall–Kier alpha value is -0.850. The zero-order chi connectivity index (χ0) is 12.5. The van der Waals surface area contributed by atoms with Crippen molar-refractivity contribution in [3.63, 3.8) is 0 Å². The van der Waals surface area contributed by atoms with E-state index >= 15 is 0 Å². The maximum Gasteiger partial charge on any atom is 0.239 e. The predicted molar refractivity (Wildman–Crippen MR) is 70.8 cm³/mol. The van der Waals surface area contributed by atoms with Crippen LogP contribution in [-0.2, 0) is 14.3 Å². The molecule has 0 bridgehead atoms. The van der Waals surface area contributed by atoms with Crippen molar-refractivity contribution in [2.45, 2.75) is 25.9 Å². The van der Waals surface area contributed by atoms with E-state index in [0.717, 1.165) is 19.4 Å². The summed E-state index contributed by atoms with van der Waals surface area (Å²) in [4.78, 5) is 22.4. The van der Waals surface area contributed by atoms with Crippen molar-refractivity contribution in [1.82, 2.24) is 16.0 Å². The molecule has 18 heavy (non-hydrogen) atoms. The smallest absolute Gasteiger partial charge is 0.239 e. The number of carbonyl (C=O) groups is 2. The van der Waals surface area contributed by atoms with Crippen LogP contribution in [-0.4, -0.2) is 50.7 Å². The van der Waals surface area contributed by atoms with E-state index in [2.05, 4.69) is 16.0 Å². The molecule has 0 aromatic carbocycles. The number of rotatable bonds is 7. The minimum Gasteiger partial charge on any atom is -0.377 e. The lowest BCUT2D eigenvalue weighted by Gasteiger charge is -2.10. The van der Waals surface area contributed by atoms with Gasteiger partial charge in [-0.3, -0.25) is 9.59 Å². The third kappa shape index (κ3) is 7.47. The fourth-order valence-corrected chi connectivity index (χ4v) is 1.65. The van der Waals surface area contributed by atoms with Crippen molar-refractivity contribution in [2.75, 3.05) is 32.8 Å². The summed E-state index contributed by atoms with van der Waals surface area (Å²) in [5, 5.41) is 8.16. The van der Waals surface area contributed by atoms with E-state index in [1.807, 2.05) is 6.92 Å². The zero-order valence-corrected chi connectivity index (χ0v) is 11.5. The van der Waals surface area contributed by atoms with Crippen LogP contribution in [0, 0.1) is 0 Å². The van der Waals surface area contributed by atoms with Crippen LogP contribution in [0.15, 0.2) is 0 Å². The molecule has 0 spiro atoms. The summed E-state index contributed by atoms with van der Waals surface area (Å²) in [6.45, 7) is 4.17. The first-order chi connectivity index (χ1) is 8.22. The Labute approximate surface area is 114 Å². The normalized spacial score (nSPS) is 17.9. The molecule has 6 nitrogen and oxygen atoms in total. The van der Waals surface area contributed by atoms with Gasteiger partial charge < -0.3 is 20.7 Å². The summed E-state index contributed by atoms with van der Waals surface area (Å²) >= 11 is 0. The first-order valence-corrected chi connectivity index (χ1v) is 6.08. The topological polar surface area (TPSA) is 79.5 Å². The molecule has 2 amide bonds. The Morgan fingerprint density at radius 1 is 1.22 bits per heavy atom. The van der Waals surface area contributed by atoms with E-state index in [0.29, 0.717) is 13.1 Å². The van der Waals surface area contributed by atoms with Crippen molar-refractivity contribution in [1.29, 1.82) is 0 Å². The van der Waals surface area contributed by atoms with Crippen LogP contribution < -0.4 is 16.0 Å². The summed E-state index contributed by atoms with van der Waals surface area (Å²) in [6.07, 6.45) is 2.37. The lowest BCUT2D eigenvalue weighted by atomic mass is 10.2. The quantitative estimate of drug-likeness (QED) is 0.583. The molecule has 1 atom stereocenters. The Bertz CT molecular complexity index is 258. The highest BCUT2D eigenvalue weighted by Gasteiger charge is 2.15. The van der Waals surface area contributed by atoms with Crippen LogP contribution in [0.4, 0.5) is 0 Å². The van der Waals surface area contributed by atoms with Crippen LogP contribution in [0.2, 0.25) is 0 Å². The number of hydrogen-bond donors (Lipinski definition) is 3.